The maximum atomic E-state index is 14.0. The third-order valence-electron chi connectivity index (χ3n) is 7.95. The van der Waals surface area contributed by atoms with Gasteiger partial charge in [0.1, 0.15) is 30.8 Å². The number of fused-ring (bicyclic) bond motifs is 1. The van der Waals surface area contributed by atoms with Gasteiger partial charge in [-0.15, -0.1) is 0 Å². The Kier molecular flexibility index (Phi) is 10.7. The highest BCUT2D eigenvalue weighted by molar-refractivity contribution is 6.04. The monoisotopic (exact) mass is 651 g/mol. The summed E-state index contributed by atoms with van der Waals surface area (Å²) in [6, 6.07) is 28.4. The smallest absolute Gasteiger partial charge is 0.305 e. The molecule has 5 rings (SSSR count). The summed E-state index contributed by atoms with van der Waals surface area (Å²) in [5.74, 6) is -2.32. The number of Topliss-reactive ketones (excluding diaryl/α,β-unsaturated/α-hetero) is 1. The van der Waals surface area contributed by atoms with Gasteiger partial charge < -0.3 is 30.1 Å². The number of rotatable bonds is 15. The fourth-order valence-electron chi connectivity index (χ4n) is 5.32. The Morgan fingerprint density at radius 3 is 2.10 bits per heavy atom. The molecular formula is C37H37N3O8. The summed E-state index contributed by atoms with van der Waals surface area (Å²) in [6.07, 6.45) is -0.774. The van der Waals surface area contributed by atoms with Crippen molar-refractivity contribution in [2.75, 3.05) is 13.2 Å². The van der Waals surface area contributed by atoms with Crippen molar-refractivity contribution >= 4 is 40.1 Å². The molecule has 0 radical (unpaired) electrons. The van der Waals surface area contributed by atoms with E-state index in [9.17, 15) is 24.3 Å². The lowest BCUT2D eigenvalue weighted by Crippen LogP contribution is -2.57. The fraction of sp³-hybridized carbons (Fsp3) is 0.270. The maximum Gasteiger partial charge on any atom is 0.305 e. The molecule has 3 N–H and O–H groups in total. The number of carboxylic acid groups (broad SMARTS) is 1. The molecule has 48 heavy (non-hydrogen) atoms. The summed E-state index contributed by atoms with van der Waals surface area (Å²) < 4.78 is 11.5. The molecule has 0 spiro atoms. The summed E-state index contributed by atoms with van der Waals surface area (Å²) in [5, 5.41) is 21.3. The number of carbonyl (C=O) groups excluding carboxylic acids is 3. The van der Waals surface area contributed by atoms with Crippen LogP contribution in [0, 0.1) is 5.92 Å². The van der Waals surface area contributed by atoms with Crippen LogP contribution in [-0.2, 0) is 19.2 Å². The second-order valence-corrected chi connectivity index (χ2v) is 11.9. The largest absolute Gasteiger partial charge is 0.489 e. The van der Waals surface area contributed by atoms with Crippen molar-refractivity contribution in [1.29, 1.82) is 0 Å². The number of benzene rings is 4. The van der Waals surface area contributed by atoms with E-state index >= 15 is 0 Å². The highest BCUT2D eigenvalue weighted by Crippen LogP contribution is 2.30. The fourth-order valence-corrected chi connectivity index (χ4v) is 5.32. The lowest BCUT2D eigenvalue weighted by atomic mass is 9.89. The molecule has 2 amide bonds. The first kappa shape index (κ1) is 33.6. The minimum Gasteiger partial charge on any atom is -0.489 e. The highest BCUT2D eigenvalue weighted by Gasteiger charge is 2.50. The van der Waals surface area contributed by atoms with Gasteiger partial charge in [0.15, 0.2) is 5.78 Å². The normalized spacial score (nSPS) is 16.7. The topological polar surface area (TPSA) is 153 Å². The zero-order valence-corrected chi connectivity index (χ0v) is 26.6. The van der Waals surface area contributed by atoms with Crippen molar-refractivity contribution in [3.63, 3.8) is 0 Å². The summed E-state index contributed by atoms with van der Waals surface area (Å²) in [6.45, 7) is 3.04. The second kappa shape index (κ2) is 15.3. The molecule has 1 aliphatic heterocycles. The first-order valence-corrected chi connectivity index (χ1v) is 15.6. The maximum absolute atomic E-state index is 14.0. The molecule has 0 bridgehead atoms. The summed E-state index contributed by atoms with van der Waals surface area (Å²) >= 11 is 0. The van der Waals surface area contributed by atoms with E-state index in [0.717, 1.165) is 10.8 Å². The van der Waals surface area contributed by atoms with E-state index < -0.39 is 48.4 Å². The number of para-hydroxylation sites is 2. The second-order valence-electron chi connectivity index (χ2n) is 11.9. The first-order valence-electron chi connectivity index (χ1n) is 15.6. The van der Waals surface area contributed by atoms with Crippen LogP contribution < -0.4 is 20.1 Å². The van der Waals surface area contributed by atoms with Crippen LogP contribution in [0.4, 0.5) is 0 Å². The predicted molar refractivity (Wildman–Crippen MR) is 179 cm³/mol. The van der Waals surface area contributed by atoms with Crippen LogP contribution >= 0.6 is 0 Å². The molecule has 11 heteroatoms. The number of carbonyl (C=O) groups is 4. The zero-order valence-electron chi connectivity index (χ0n) is 26.6. The van der Waals surface area contributed by atoms with Gasteiger partial charge in [-0.25, -0.2) is 0 Å². The number of oxime groups is 1. The SMILES string of the molecule is CC(C)C(NC(=O)c1ccc2ccccc2c1)C1=NOC(COc2ccccc2)(C(=O)NC(CC(=O)O)C(=O)COc2ccccc2)C1. The van der Waals surface area contributed by atoms with Crippen LogP contribution in [0.15, 0.2) is 108 Å². The number of nitrogens with zero attached hydrogens (tertiary/aromatic N) is 1. The molecule has 0 saturated carbocycles. The Morgan fingerprint density at radius 2 is 1.46 bits per heavy atom. The van der Waals surface area contributed by atoms with Gasteiger partial charge in [-0.3, -0.25) is 19.2 Å². The molecule has 3 unspecified atom stereocenters. The van der Waals surface area contributed by atoms with E-state index in [4.69, 9.17) is 14.3 Å². The summed E-state index contributed by atoms with van der Waals surface area (Å²) in [5.41, 5.74) is -0.925. The van der Waals surface area contributed by atoms with Gasteiger partial charge >= 0.3 is 5.97 Å². The van der Waals surface area contributed by atoms with Crippen LogP contribution in [0.2, 0.25) is 0 Å². The molecule has 0 aromatic heterocycles. The third-order valence-corrected chi connectivity index (χ3v) is 7.95. The molecule has 1 aliphatic rings. The van der Waals surface area contributed by atoms with E-state index in [0.29, 0.717) is 22.8 Å². The summed E-state index contributed by atoms with van der Waals surface area (Å²) in [4.78, 5) is 58.1. The molecule has 248 valence electrons. The molecule has 0 aliphatic carbocycles. The van der Waals surface area contributed by atoms with Crippen LogP contribution in [0.3, 0.4) is 0 Å². The highest BCUT2D eigenvalue weighted by atomic mass is 16.7. The van der Waals surface area contributed by atoms with Gasteiger partial charge in [-0.1, -0.05) is 85.7 Å². The lowest BCUT2D eigenvalue weighted by Gasteiger charge is -2.28. The Balaban J connectivity index is 1.35. The van der Waals surface area contributed by atoms with E-state index in [-0.39, 0.29) is 24.9 Å². The number of carboxylic acids is 1. The first-order chi connectivity index (χ1) is 23.1. The zero-order chi connectivity index (χ0) is 34.1. The average molecular weight is 652 g/mol. The van der Waals surface area contributed by atoms with E-state index in [1.54, 1.807) is 60.7 Å². The van der Waals surface area contributed by atoms with Gasteiger partial charge in [-0.05, 0) is 53.1 Å². The number of amides is 2. The van der Waals surface area contributed by atoms with Crippen molar-refractivity contribution < 1.29 is 38.6 Å². The Morgan fingerprint density at radius 1 is 0.833 bits per heavy atom. The van der Waals surface area contributed by atoms with E-state index in [2.05, 4.69) is 15.8 Å². The van der Waals surface area contributed by atoms with Crippen LogP contribution in [0.5, 0.6) is 11.5 Å². The van der Waals surface area contributed by atoms with Gasteiger partial charge in [0, 0.05) is 12.0 Å². The standard InChI is InChI=1S/C37H37N3O8/c1-24(2)34(39-35(44)27-18-17-25-11-9-10-12-26(25)19-27)31-21-37(48-40-31,23-47-29-15-7-4-8-16-29)36(45)38-30(20-33(42)43)32(41)22-46-28-13-5-3-6-14-28/h3-19,24,30,34H,20-23H2,1-2H3,(H,38,45)(H,39,44)(H,42,43). The van der Waals surface area contributed by atoms with Crippen LogP contribution in [0.25, 0.3) is 10.8 Å². The quantitative estimate of drug-likeness (QED) is 0.166. The lowest BCUT2D eigenvalue weighted by molar-refractivity contribution is -0.151. The molecule has 0 saturated heterocycles. The Bertz CT molecular complexity index is 1790. The predicted octanol–water partition coefficient (Wildman–Crippen LogP) is 4.80. The van der Waals surface area contributed by atoms with Crippen molar-refractivity contribution in [3.8, 4) is 11.5 Å². The van der Waals surface area contributed by atoms with Gasteiger partial charge in [-0.2, -0.15) is 0 Å². The Labute approximate surface area is 277 Å². The molecular weight excluding hydrogens is 614 g/mol. The molecule has 0 fully saturated rings. The summed E-state index contributed by atoms with van der Waals surface area (Å²) in [7, 11) is 0. The number of aliphatic carboxylic acids is 1. The van der Waals surface area contributed by atoms with Crippen molar-refractivity contribution in [3.05, 3.63) is 109 Å². The number of nitrogens with one attached hydrogen (secondary N) is 2. The molecule has 3 atom stereocenters. The minimum absolute atomic E-state index is 0.0962. The molecule has 11 nitrogen and oxygen atoms in total. The van der Waals surface area contributed by atoms with E-state index in [1.165, 1.54) is 0 Å². The van der Waals surface area contributed by atoms with Crippen molar-refractivity contribution in [2.45, 2.75) is 44.4 Å². The van der Waals surface area contributed by atoms with Gasteiger partial charge in [0.2, 0.25) is 0 Å². The number of hydrogen-bond donors (Lipinski definition) is 3. The van der Waals surface area contributed by atoms with Crippen LogP contribution in [0.1, 0.15) is 37.0 Å². The third kappa shape index (κ3) is 8.35. The van der Waals surface area contributed by atoms with E-state index in [1.807, 2.05) is 56.3 Å². The van der Waals surface area contributed by atoms with Crippen molar-refractivity contribution in [2.24, 2.45) is 11.1 Å². The van der Waals surface area contributed by atoms with Gasteiger partial charge in [0.25, 0.3) is 17.4 Å². The number of hydrogen-bond acceptors (Lipinski definition) is 8. The van der Waals surface area contributed by atoms with Gasteiger partial charge in [0.05, 0.1) is 18.2 Å². The molecule has 1 heterocycles. The van der Waals surface area contributed by atoms with Crippen LogP contribution in [-0.4, -0.2) is 65.3 Å². The molecule has 4 aromatic rings. The number of ketones is 1. The van der Waals surface area contributed by atoms with Crippen molar-refractivity contribution in [1.82, 2.24) is 10.6 Å². The molecule has 4 aromatic carbocycles. The minimum atomic E-state index is -1.77. The number of ether oxygens (including phenoxy) is 2. The average Bonchev–Trinajstić information content (AvgIpc) is 3.54. The Hall–Kier alpha value is -5.71.